The maximum Gasteiger partial charge on any atom is 0.328 e. The molecule has 18 heavy (non-hydrogen) atoms. The van der Waals surface area contributed by atoms with Crippen molar-refractivity contribution in [3.63, 3.8) is 0 Å². The maximum absolute atomic E-state index is 11.9. The number of esters is 1. The molecule has 1 rings (SSSR count). The van der Waals surface area contributed by atoms with Crippen LogP contribution in [0.15, 0.2) is 35.6 Å². The Morgan fingerprint density at radius 1 is 1.50 bits per heavy atom. The lowest BCUT2D eigenvalue weighted by atomic mass is 10.2. The first kappa shape index (κ1) is 14.4. The Balaban J connectivity index is 2.74. The van der Waals surface area contributed by atoms with Crippen LogP contribution in [0.4, 0.5) is 0 Å². The van der Waals surface area contributed by atoms with Crippen molar-refractivity contribution in [1.82, 2.24) is 10.3 Å². The second-order valence-electron chi connectivity index (χ2n) is 3.51. The van der Waals surface area contributed by atoms with Gasteiger partial charge in [-0.05, 0) is 16.6 Å². The lowest BCUT2D eigenvalue weighted by Crippen LogP contribution is -2.41. The molecule has 1 N–H and O–H groups in total. The van der Waals surface area contributed by atoms with E-state index in [0.29, 0.717) is 10.0 Å². The largest absolute Gasteiger partial charge is 0.467 e. The minimum atomic E-state index is -0.762. The zero-order valence-corrected chi connectivity index (χ0v) is 11.4. The van der Waals surface area contributed by atoms with E-state index >= 15 is 0 Å². The van der Waals surface area contributed by atoms with Gasteiger partial charge in [0.2, 0.25) is 0 Å². The van der Waals surface area contributed by atoms with Crippen molar-refractivity contribution in [2.45, 2.75) is 12.5 Å². The monoisotopic (exact) mass is 312 g/mol. The molecule has 6 heteroatoms. The van der Waals surface area contributed by atoms with Crippen LogP contribution in [0.1, 0.15) is 16.8 Å². The second kappa shape index (κ2) is 6.90. The summed E-state index contributed by atoms with van der Waals surface area (Å²) >= 11 is 3.16. The number of hydrogen-bond donors (Lipinski definition) is 1. The Bertz CT molecular complexity index is 448. The van der Waals surface area contributed by atoms with Gasteiger partial charge in [0.1, 0.15) is 6.04 Å². The van der Waals surface area contributed by atoms with Crippen molar-refractivity contribution >= 4 is 27.8 Å². The van der Waals surface area contributed by atoms with Gasteiger partial charge >= 0.3 is 5.97 Å². The lowest BCUT2D eigenvalue weighted by molar-refractivity contribution is -0.142. The smallest absolute Gasteiger partial charge is 0.328 e. The van der Waals surface area contributed by atoms with Gasteiger partial charge in [-0.25, -0.2) is 4.79 Å². The number of rotatable bonds is 5. The topological polar surface area (TPSA) is 68.3 Å². The molecule has 5 nitrogen and oxygen atoms in total. The van der Waals surface area contributed by atoms with Crippen LogP contribution in [0.3, 0.4) is 0 Å². The highest BCUT2D eigenvalue weighted by Gasteiger charge is 2.22. The van der Waals surface area contributed by atoms with Gasteiger partial charge in [0.25, 0.3) is 5.91 Å². The Labute approximate surface area is 113 Å². The number of pyridine rings is 1. The van der Waals surface area contributed by atoms with Crippen LogP contribution in [-0.2, 0) is 9.53 Å². The number of hydrogen-bond acceptors (Lipinski definition) is 4. The highest BCUT2D eigenvalue weighted by molar-refractivity contribution is 9.11. The molecule has 0 unspecified atom stereocenters. The van der Waals surface area contributed by atoms with Gasteiger partial charge in [0.05, 0.1) is 7.11 Å². The van der Waals surface area contributed by atoms with E-state index < -0.39 is 12.0 Å². The summed E-state index contributed by atoms with van der Waals surface area (Å²) in [5.41, 5.74) is 0.430. The third kappa shape index (κ3) is 4.29. The number of methoxy groups -OCH3 is 1. The van der Waals surface area contributed by atoms with E-state index in [2.05, 4.69) is 37.5 Å². The van der Waals surface area contributed by atoms with Crippen LogP contribution >= 0.6 is 15.9 Å². The predicted molar refractivity (Wildman–Crippen MR) is 70.2 cm³/mol. The van der Waals surface area contributed by atoms with E-state index in [9.17, 15) is 9.59 Å². The third-order valence-corrected chi connectivity index (χ3v) is 2.48. The van der Waals surface area contributed by atoms with Crippen LogP contribution in [-0.4, -0.2) is 30.0 Å². The van der Waals surface area contributed by atoms with Crippen molar-refractivity contribution in [2.24, 2.45) is 0 Å². The van der Waals surface area contributed by atoms with E-state index in [1.54, 1.807) is 12.1 Å². The number of aromatic nitrogens is 1. The zero-order valence-electron chi connectivity index (χ0n) is 9.85. The van der Waals surface area contributed by atoms with Crippen molar-refractivity contribution < 1.29 is 14.3 Å². The average molecular weight is 313 g/mol. The number of carbonyl (C=O) groups is 2. The Kier molecular flexibility index (Phi) is 5.51. The van der Waals surface area contributed by atoms with Gasteiger partial charge in [0.15, 0.2) is 0 Å². The van der Waals surface area contributed by atoms with Gasteiger partial charge in [0, 0.05) is 24.4 Å². The number of halogens is 1. The van der Waals surface area contributed by atoms with E-state index in [1.165, 1.54) is 19.5 Å². The highest BCUT2D eigenvalue weighted by Crippen LogP contribution is 2.11. The average Bonchev–Trinajstić information content (AvgIpc) is 2.37. The van der Waals surface area contributed by atoms with E-state index in [1.807, 2.05) is 0 Å². The van der Waals surface area contributed by atoms with Crippen LogP contribution in [0, 0.1) is 0 Å². The number of carbonyl (C=O) groups excluding carboxylic acids is 2. The summed E-state index contributed by atoms with van der Waals surface area (Å²) in [7, 11) is 1.27. The molecule has 0 fully saturated rings. The minimum Gasteiger partial charge on any atom is -0.467 e. The summed E-state index contributed by atoms with van der Waals surface area (Å²) in [5.74, 6) is -0.875. The summed E-state index contributed by atoms with van der Waals surface area (Å²) in [6.45, 7) is 3.64. The molecule has 0 aromatic carbocycles. The SMILES string of the molecule is C=C(Br)C[C@H](NC(=O)c1ccncc1)C(=O)OC. The molecule has 1 heterocycles. The Morgan fingerprint density at radius 2 is 2.11 bits per heavy atom. The molecule has 0 bridgehead atoms. The van der Waals surface area contributed by atoms with Crippen molar-refractivity contribution in [1.29, 1.82) is 0 Å². The Hall–Kier alpha value is -1.69. The third-order valence-electron chi connectivity index (χ3n) is 2.16. The fraction of sp³-hybridized carbons (Fsp3) is 0.250. The summed E-state index contributed by atoms with van der Waals surface area (Å²) in [6, 6.07) is 2.36. The van der Waals surface area contributed by atoms with Gasteiger partial charge in [-0.2, -0.15) is 0 Å². The molecule has 0 aliphatic carbocycles. The summed E-state index contributed by atoms with van der Waals surface area (Å²) in [6.07, 6.45) is 3.28. The molecule has 1 amide bonds. The first-order valence-electron chi connectivity index (χ1n) is 5.16. The van der Waals surface area contributed by atoms with E-state index in [-0.39, 0.29) is 12.3 Å². The van der Waals surface area contributed by atoms with Crippen LogP contribution in [0.2, 0.25) is 0 Å². The number of nitrogens with one attached hydrogen (secondary N) is 1. The lowest BCUT2D eigenvalue weighted by Gasteiger charge is -2.15. The van der Waals surface area contributed by atoms with Crippen molar-refractivity contribution in [3.05, 3.63) is 41.2 Å². The molecular weight excluding hydrogens is 300 g/mol. The molecule has 0 aliphatic heterocycles. The fourth-order valence-corrected chi connectivity index (χ4v) is 1.63. The van der Waals surface area contributed by atoms with E-state index in [4.69, 9.17) is 0 Å². The van der Waals surface area contributed by atoms with Gasteiger partial charge < -0.3 is 10.1 Å². The van der Waals surface area contributed by atoms with Crippen LogP contribution in [0.25, 0.3) is 0 Å². The standard InChI is InChI=1S/C12H13BrN2O3/c1-8(13)7-10(12(17)18-2)15-11(16)9-3-5-14-6-4-9/h3-6,10H,1,7H2,2H3,(H,15,16)/t10-/m0/s1. The quantitative estimate of drug-likeness (QED) is 0.839. The molecule has 1 aromatic heterocycles. The number of ether oxygens (including phenoxy) is 1. The second-order valence-corrected chi connectivity index (χ2v) is 4.63. The summed E-state index contributed by atoms with van der Waals surface area (Å²) < 4.78 is 5.23. The zero-order chi connectivity index (χ0) is 13.5. The van der Waals surface area contributed by atoms with Crippen molar-refractivity contribution in [3.8, 4) is 0 Å². The highest BCUT2D eigenvalue weighted by atomic mass is 79.9. The minimum absolute atomic E-state index is 0.267. The van der Waals surface area contributed by atoms with Crippen molar-refractivity contribution in [2.75, 3.05) is 7.11 Å². The van der Waals surface area contributed by atoms with Gasteiger partial charge in [-0.15, -0.1) is 0 Å². The molecule has 0 saturated carbocycles. The number of nitrogens with zero attached hydrogens (tertiary/aromatic N) is 1. The summed E-state index contributed by atoms with van der Waals surface area (Å²) in [5, 5.41) is 2.58. The predicted octanol–water partition coefficient (Wildman–Crippen LogP) is 1.65. The summed E-state index contributed by atoms with van der Waals surface area (Å²) in [4.78, 5) is 27.2. The molecule has 0 saturated heterocycles. The molecule has 0 radical (unpaired) electrons. The molecule has 96 valence electrons. The Morgan fingerprint density at radius 3 is 2.61 bits per heavy atom. The molecule has 0 aliphatic rings. The van der Waals surface area contributed by atoms with Crippen LogP contribution < -0.4 is 5.32 Å². The van der Waals surface area contributed by atoms with Crippen LogP contribution in [0.5, 0.6) is 0 Å². The first-order chi connectivity index (χ1) is 8.54. The fourth-order valence-electron chi connectivity index (χ4n) is 1.30. The normalized spacial score (nSPS) is 11.4. The molecule has 0 spiro atoms. The van der Waals surface area contributed by atoms with Gasteiger partial charge in [-0.3, -0.25) is 9.78 Å². The maximum atomic E-state index is 11.9. The number of amides is 1. The molecule has 1 atom stereocenters. The molecule has 1 aromatic rings. The molecular formula is C12H13BrN2O3. The van der Waals surface area contributed by atoms with E-state index in [0.717, 1.165) is 0 Å². The first-order valence-corrected chi connectivity index (χ1v) is 5.96. The van der Waals surface area contributed by atoms with Gasteiger partial charge in [-0.1, -0.05) is 22.5 Å².